The van der Waals surface area contributed by atoms with E-state index < -0.39 is 0 Å². The van der Waals surface area contributed by atoms with Gasteiger partial charge in [0.05, 0.1) is 19.8 Å². The summed E-state index contributed by atoms with van der Waals surface area (Å²) in [6, 6.07) is 17.1. The molecule has 1 amide bonds. The average molecular weight is 348 g/mol. The second-order valence-corrected chi connectivity index (χ2v) is 5.72. The predicted octanol–water partition coefficient (Wildman–Crippen LogP) is 3.70. The molecule has 0 spiro atoms. The van der Waals surface area contributed by atoms with Gasteiger partial charge in [0.25, 0.3) is 5.91 Å². The Balaban J connectivity index is 1.71. The number of nitrogens with one attached hydrogen (secondary N) is 1. The number of pyridine rings is 1. The van der Waals surface area contributed by atoms with E-state index in [0.29, 0.717) is 12.1 Å². The van der Waals surface area contributed by atoms with Crippen molar-refractivity contribution in [3.8, 4) is 22.6 Å². The highest BCUT2D eigenvalue weighted by Crippen LogP contribution is 2.23. The largest absolute Gasteiger partial charge is 0.497 e. The minimum Gasteiger partial charge on any atom is -0.497 e. The van der Waals surface area contributed by atoms with Crippen LogP contribution in [0.5, 0.6) is 11.5 Å². The molecular formula is C21H20N2O3. The Morgan fingerprint density at radius 3 is 2.42 bits per heavy atom. The van der Waals surface area contributed by atoms with Crippen molar-refractivity contribution in [2.45, 2.75) is 6.54 Å². The van der Waals surface area contributed by atoms with Gasteiger partial charge in [0.15, 0.2) is 0 Å². The number of carbonyl (C=O) groups excluding carboxylic acids is 1. The molecule has 0 bridgehead atoms. The van der Waals surface area contributed by atoms with E-state index in [-0.39, 0.29) is 5.91 Å². The molecule has 0 saturated carbocycles. The van der Waals surface area contributed by atoms with Crippen LogP contribution in [0.1, 0.15) is 15.9 Å². The fourth-order valence-electron chi connectivity index (χ4n) is 2.55. The summed E-state index contributed by atoms with van der Waals surface area (Å²) in [6.07, 6.45) is 3.29. The first-order valence-corrected chi connectivity index (χ1v) is 8.20. The van der Waals surface area contributed by atoms with Crippen LogP contribution in [0.4, 0.5) is 0 Å². The first-order chi connectivity index (χ1) is 12.7. The van der Waals surface area contributed by atoms with Gasteiger partial charge in [-0.2, -0.15) is 0 Å². The Morgan fingerprint density at radius 2 is 1.69 bits per heavy atom. The molecule has 1 aromatic heterocycles. The fourth-order valence-corrected chi connectivity index (χ4v) is 2.55. The molecule has 0 atom stereocenters. The number of aromatic nitrogens is 1. The van der Waals surface area contributed by atoms with E-state index in [1.54, 1.807) is 26.6 Å². The van der Waals surface area contributed by atoms with Gasteiger partial charge in [0.1, 0.15) is 11.5 Å². The predicted molar refractivity (Wildman–Crippen MR) is 100 cm³/mol. The number of carbonyl (C=O) groups is 1. The van der Waals surface area contributed by atoms with Gasteiger partial charge in [-0.3, -0.25) is 9.78 Å². The third-order valence-corrected chi connectivity index (χ3v) is 4.02. The maximum absolute atomic E-state index is 12.4. The van der Waals surface area contributed by atoms with Gasteiger partial charge in [-0.05, 0) is 41.5 Å². The Labute approximate surface area is 152 Å². The zero-order valence-electron chi connectivity index (χ0n) is 14.7. The Morgan fingerprint density at radius 1 is 0.923 bits per heavy atom. The molecule has 1 heterocycles. The number of hydrogen-bond acceptors (Lipinski definition) is 4. The van der Waals surface area contributed by atoms with E-state index in [1.807, 2.05) is 54.6 Å². The summed E-state index contributed by atoms with van der Waals surface area (Å²) in [5, 5.41) is 2.91. The minimum atomic E-state index is -0.168. The Hall–Kier alpha value is -3.34. The second-order valence-electron chi connectivity index (χ2n) is 5.72. The Kier molecular flexibility index (Phi) is 5.49. The molecular weight excluding hydrogens is 328 g/mol. The van der Waals surface area contributed by atoms with E-state index >= 15 is 0 Å². The van der Waals surface area contributed by atoms with Crippen LogP contribution in [0, 0.1) is 0 Å². The molecule has 0 fully saturated rings. The van der Waals surface area contributed by atoms with Crippen molar-refractivity contribution in [3.05, 3.63) is 78.1 Å². The number of hydrogen-bond donors (Lipinski definition) is 1. The van der Waals surface area contributed by atoms with Crippen molar-refractivity contribution in [2.75, 3.05) is 14.2 Å². The Bertz CT molecular complexity index is 892. The van der Waals surface area contributed by atoms with E-state index in [9.17, 15) is 4.79 Å². The monoisotopic (exact) mass is 348 g/mol. The summed E-state index contributed by atoms with van der Waals surface area (Å²) in [4.78, 5) is 16.6. The smallest absolute Gasteiger partial charge is 0.253 e. The summed E-state index contributed by atoms with van der Waals surface area (Å²) in [7, 11) is 3.25. The fraction of sp³-hybridized carbons (Fsp3) is 0.143. The number of amides is 1. The van der Waals surface area contributed by atoms with E-state index in [2.05, 4.69) is 10.3 Å². The number of rotatable bonds is 6. The molecule has 0 aliphatic carbocycles. The molecule has 3 rings (SSSR count). The minimum absolute atomic E-state index is 0.168. The zero-order chi connectivity index (χ0) is 18.4. The lowest BCUT2D eigenvalue weighted by Crippen LogP contribution is -2.22. The quantitative estimate of drug-likeness (QED) is 0.738. The highest BCUT2D eigenvalue weighted by molar-refractivity contribution is 5.95. The molecule has 0 saturated heterocycles. The zero-order valence-corrected chi connectivity index (χ0v) is 14.7. The van der Waals surface area contributed by atoms with E-state index in [4.69, 9.17) is 9.47 Å². The average Bonchev–Trinajstić information content (AvgIpc) is 2.72. The first-order valence-electron chi connectivity index (χ1n) is 8.20. The second kappa shape index (κ2) is 8.16. The van der Waals surface area contributed by atoms with E-state index in [1.165, 1.54) is 0 Å². The van der Waals surface area contributed by atoms with E-state index in [0.717, 1.165) is 28.2 Å². The van der Waals surface area contributed by atoms with Crippen LogP contribution in [-0.2, 0) is 6.54 Å². The molecule has 5 nitrogen and oxygen atoms in total. The van der Waals surface area contributed by atoms with Gasteiger partial charge >= 0.3 is 0 Å². The van der Waals surface area contributed by atoms with Crippen LogP contribution < -0.4 is 14.8 Å². The van der Waals surface area contributed by atoms with Crippen molar-refractivity contribution in [1.29, 1.82) is 0 Å². The van der Waals surface area contributed by atoms with Crippen molar-refractivity contribution < 1.29 is 14.3 Å². The summed E-state index contributed by atoms with van der Waals surface area (Å²) >= 11 is 0. The third kappa shape index (κ3) is 4.19. The maximum atomic E-state index is 12.4. The van der Waals surface area contributed by atoms with Crippen LogP contribution in [0.3, 0.4) is 0 Å². The molecule has 0 aliphatic rings. The number of ether oxygens (including phenoxy) is 2. The summed E-state index contributed by atoms with van der Waals surface area (Å²) in [5.41, 5.74) is 3.32. The molecule has 1 N–H and O–H groups in total. The van der Waals surface area contributed by atoms with Crippen LogP contribution >= 0.6 is 0 Å². The summed E-state index contributed by atoms with van der Waals surface area (Å²) in [5.74, 6) is 1.38. The molecule has 3 aromatic rings. The first kappa shape index (κ1) is 17.5. The van der Waals surface area contributed by atoms with Gasteiger partial charge in [0, 0.05) is 24.5 Å². The highest BCUT2D eigenvalue weighted by atomic mass is 16.5. The van der Waals surface area contributed by atoms with Crippen molar-refractivity contribution in [1.82, 2.24) is 10.3 Å². The van der Waals surface area contributed by atoms with Crippen molar-refractivity contribution in [3.63, 3.8) is 0 Å². The summed E-state index contributed by atoms with van der Waals surface area (Å²) < 4.78 is 10.4. The lowest BCUT2D eigenvalue weighted by atomic mass is 10.1. The van der Waals surface area contributed by atoms with Gasteiger partial charge in [-0.15, -0.1) is 0 Å². The standard InChI is InChI=1S/C21H20N2O3/c1-25-19-8-6-15(7-9-19)12-23-21(24)18-10-17(13-22-14-18)16-4-3-5-20(11-16)26-2/h3-11,13-14H,12H2,1-2H3,(H,23,24). The van der Waals surface area contributed by atoms with Crippen LogP contribution in [-0.4, -0.2) is 25.1 Å². The molecule has 0 radical (unpaired) electrons. The topological polar surface area (TPSA) is 60.5 Å². The SMILES string of the molecule is COc1ccc(CNC(=O)c2cncc(-c3cccc(OC)c3)c2)cc1. The van der Waals surface area contributed by atoms with Crippen LogP contribution in [0.25, 0.3) is 11.1 Å². The maximum Gasteiger partial charge on any atom is 0.253 e. The molecule has 26 heavy (non-hydrogen) atoms. The van der Waals surface area contributed by atoms with Gasteiger partial charge in [-0.25, -0.2) is 0 Å². The normalized spacial score (nSPS) is 10.2. The number of nitrogens with zero attached hydrogens (tertiary/aromatic N) is 1. The number of methoxy groups -OCH3 is 2. The number of benzene rings is 2. The van der Waals surface area contributed by atoms with Crippen LogP contribution in [0.15, 0.2) is 67.0 Å². The van der Waals surface area contributed by atoms with Gasteiger partial charge < -0.3 is 14.8 Å². The van der Waals surface area contributed by atoms with Gasteiger partial charge in [0.2, 0.25) is 0 Å². The molecule has 0 unspecified atom stereocenters. The van der Waals surface area contributed by atoms with Crippen molar-refractivity contribution in [2.24, 2.45) is 0 Å². The lowest BCUT2D eigenvalue weighted by molar-refractivity contribution is 0.0950. The third-order valence-electron chi connectivity index (χ3n) is 4.02. The molecule has 2 aromatic carbocycles. The summed E-state index contributed by atoms with van der Waals surface area (Å²) in [6.45, 7) is 0.437. The van der Waals surface area contributed by atoms with Gasteiger partial charge in [-0.1, -0.05) is 24.3 Å². The van der Waals surface area contributed by atoms with Crippen molar-refractivity contribution >= 4 is 5.91 Å². The lowest BCUT2D eigenvalue weighted by Gasteiger charge is -2.08. The molecule has 5 heteroatoms. The van der Waals surface area contributed by atoms with Crippen LogP contribution in [0.2, 0.25) is 0 Å². The molecule has 0 aliphatic heterocycles. The highest BCUT2D eigenvalue weighted by Gasteiger charge is 2.08. The molecule has 132 valence electrons.